The molecule has 16 heteroatoms. The van der Waals surface area contributed by atoms with Crippen molar-refractivity contribution in [3.05, 3.63) is 47.2 Å². The summed E-state index contributed by atoms with van der Waals surface area (Å²) in [4.78, 5) is 51.1. The number of aromatic nitrogens is 4. The van der Waals surface area contributed by atoms with Crippen LogP contribution in [0.2, 0.25) is 0 Å². The first kappa shape index (κ1) is 25.6. The molecule has 0 saturated carbocycles. The second kappa shape index (κ2) is 10.3. The standard InChI is InChI=1S/C20H21N7O7S2/c1-34-20(22-15(30)13(21)9-5-3-2-4-6-9)17(33)27-14(16(31)32)10(8-35-18(20)27)11(7-12(28)29)36-19-23-25-26-24-19/h2-6,11,13,18H,7-8,21H2,1H3,(H,22,30)(H,28,29)(H,31,32)(H,23,24,25,26)/t11?,13?,18-,20?/m0/s1. The maximum absolute atomic E-state index is 13.3. The van der Waals surface area contributed by atoms with E-state index in [-0.39, 0.29) is 22.2 Å². The third-order valence-electron chi connectivity index (χ3n) is 5.66. The number of rotatable bonds is 10. The van der Waals surface area contributed by atoms with Gasteiger partial charge in [0, 0.05) is 18.1 Å². The van der Waals surface area contributed by atoms with Crippen LogP contribution in [0.5, 0.6) is 0 Å². The fraction of sp³-hybridized carbons (Fsp3) is 0.350. The van der Waals surface area contributed by atoms with E-state index in [1.807, 2.05) is 0 Å². The van der Waals surface area contributed by atoms with E-state index in [1.165, 1.54) is 7.11 Å². The number of fused-ring (bicyclic) bond motifs is 1. The molecule has 4 rings (SSSR count). The van der Waals surface area contributed by atoms with Gasteiger partial charge >= 0.3 is 11.9 Å². The lowest BCUT2D eigenvalue weighted by Gasteiger charge is -2.56. The lowest BCUT2D eigenvalue weighted by molar-refractivity contribution is -0.192. The fourth-order valence-corrected chi connectivity index (χ4v) is 6.58. The number of carbonyl (C=O) groups is 4. The van der Waals surface area contributed by atoms with Crippen LogP contribution in [0.25, 0.3) is 0 Å². The molecule has 1 saturated heterocycles. The molecule has 2 aliphatic heterocycles. The molecule has 2 aromatic rings. The van der Waals surface area contributed by atoms with E-state index in [0.717, 1.165) is 28.4 Å². The third kappa shape index (κ3) is 4.55. The largest absolute Gasteiger partial charge is 0.481 e. The highest BCUT2D eigenvalue weighted by molar-refractivity contribution is 8.01. The number of tetrazole rings is 1. The first-order valence-electron chi connectivity index (χ1n) is 10.4. The van der Waals surface area contributed by atoms with Gasteiger partial charge in [-0.25, -0.2) is 9.89 Å². The number of hydrogen-bond donors (Lipinski definition) is 5. The number of methoxy groups -OCH3 is 1. The van der Waals surface area contributed by atoms with E-state index < -0.39 is 52.6 Å². The molecule has 190 valence electrons. The minimum absolute atomic E-state index is 0.0499. The topological polar surface area (TPSA) is 214 Å². The highest BCUT2D eigenvalue weighted by Crippen LogP contribution is 2.49. The summed E-state index contributed by atoms with van der Waals surface area (Å²) in [5.41, 5.74) is 4.57. The van der Waals surface area contributed by atoms with E-state index >= 15 is 0 Å². The summed E-state index contributed by atoms with van der Waals surface area (Å²) in [5, 5.41) is 33.4. The Morgan fingerprint density at radius 1 is 1.36 bits per heavy atom. The van der Waals surface area contributed by atoms with E-state index in [1.54, 1.807) is 30.3 Å². The maximum atomic E-state index is 13.3. The van der Waals surface area contributed by atoms with Gasteiger partial charge in [0.15, 0.2) is 0 Å². The molecule has 2 amide bonds. The smallest absolute Gasteiger partial charge is 0.352 e. The van der Waals surface area contributed by atoms with Crippen molar-refractivity contribution >= 4 is 47.3 Å². The lowest BCUT2D eigenvalue weighted by atomic mass is 9.96. The lowest BCUT2D eigenvalue weighted by Crippen LogP contribution is -2.81. The molecule has 14 nitrogen and oxygen atoms in total. The molecular weight excluding hydrogens is 514 g/mol. The zero-order valence-corrected chi connectivity index (χ0v) is 20.3. The molecule has 0 spiro atoms. The number of aliphatic carboxylic acids is 2. The van der Waals surface area contributed by atoms with Gasteiger partial charge in [0.2, 0.25) is 11.1 Å². The Morgan fingerprint density at radius 2 is 2.08 bits per heavy atom. The number of ether oxygens (including phenoxy) is 1. The van der Waals surface area contributed by atoms with Crippen LogP contribution in [-0.4, -0.2) is 88.7 Å². The monoisotopic (exact) mass is 535 g/mol. The van der Waals surface area contributed by atoms with Gasteiger partial charge in [0.1, 0.15) is 17.1 Å². The van der Waals surface area contributed by atoms with E-state index in [2.05, 4.69) is 25.9 Å². The van der Waals surface area contributed by atoms with Gasteiger partial charge in [0.05, 0.1) is 6.42 Å². The number of carboxylic acid groups (broad SMARTS) is 2. The number of hydrogen-bond acceptors (Lipinski definition) is 11. The van der Waals surface area contributed by atoms with Crippen LogP contribution in [-0.2, 0) is 23.9 Å². The van der Waals surface area contributed by atoms with Gasteiger partial charge in [-0.05, 0) is 21.6 Å². The molecule has 4 atom stereocenters. The van der Waals surface area contributed by atoms with Gasteiger partial charge in [-0.1, -0.05) is 42.1 Å². The van der Waals surface area contributed by atoms with Crippen molar-refractivity contribution in [1.82, 2.24) is 30.8 Å². The number of aromatic amines is 1. The van der Waals surface area contributed by atoms with Crippen molar-refractivity contribution in [2.75, 3.05) is 12.9 Å². The molecule has 2 aliphatic rings. The predicted octanol–water partition coefficient (Wildman–Crippen LogP) is -0.452. The van der Waals surface area contributed by atoms with E-state index in [9.17, 15) is 29.4 Å². The van der Waals surface area contributed by atoms with Gasteiger partial charge in [-0.15, -0.1) is 16.9 Å². The van der Waals surface area contributed by atoms with Crippen molar-refractivity contribution in [3.8, 4) is 0 Å². The van der Waals surface area contributed by atoms with Crippen LogP contribution in [0.15, 0.2) is 46.8 Å². The number of thioether (sulfide) groups is 2. The quantitative estimate of drug-likeness (QED) is 0.148. The highest BCUT2D eigenvalue weighted by atomic mass is 32.2. The molecule has 0 aliphatic carbocycles. The van der Waals surface area contributed by atoms with Crippen LogP contribution >= 0.6 is 23.5 Å². The molecule has 0 bridgehead atoms. The Kier molecular flexibility index (Phi) is 7.30. The van der Waals surface area contributed by atoms with Crippen molar-refractivity contribution in [2.24, 2.45) is 5.73 Å². The minimum Gasteiger partial charge on any atom is -0.481 e. The van der Waals surface area contributed by atoms with Crippen molar-refractivity contribution in [3.63, 3.8) is 0 Å². The summed E-state index contributed by atoms with van der Waals surface area (Å²) in [5.74, 6) is -4.04. The number of nitrogens with one attached hydrogen (secondary N) is 2. The van der Waals surface area contributed by atoms with Crippen LogP contribution in [0, 0.1) is 0 Å². The molecule has 36 heavy (non-hydrogen) atoms. The number of β-lactam (4-membered cyclic amide) rings is 1. The van der Waals surface area contributed by atoms with Crippen LogP contribution in [0.3, 0.4) is 0 Å². The Morgan fingerprint density at radius 3 is 2.67 bits per heavy atom. The summed E-state index contributed by atoms with van der Waals surface area (Å²) >= 11 is 2.07. The molecule has 1 aromatic heterocycles. The van der Waals surface area contributed by atoms with Gasteiger partial charge in [-0.3, -0.25) is 19.3 Å². The number of carbonyl (C=O) groups excluding carboxylic acids is 2. The van der Waals surface area contributed by atoms with Crippen molar-refractivity contribution in [1.29, 1.82) is 0 Å². The summed E-state index contributed by atoms with van der Waals surface area (Å²) in [6.07, 6.45) is -0.442. The third-order valence-corrected chi connectivity index (χ3v) is 8.13. The molecule has 0 radical (unpaired) electrons. The molecule has 3 unspecified atom stereocenters. The number of carboxylic acids is 2. The number of amides is 2. The zero-order valence-electron chi connectivity index (χ0n) is 18.7. The predicted molar refractivity (Wildman–Crippen MR) is 125 cm³/mol. The summed E-state index contributed by atoms with van der Waals surface area (Å²) < 4.78 is 5.44. The molecular formula is C20H21N7O7S2. The molecule has 1 aromatic carbocycles. The zero-order chi connectivity index (χ0) is 26.0. The highest BCUT2D eigenvalue weighted by Gasteiger charge is 2.67. The number of benzene rings is 1. The Hall–Kier alpha value is -3.47. The molecule has 6 N–H and O–H groups in total. The van der Waals surface area contributed by atoms with Gasteiger partial charge < -0.3 is 26.0 Å². The summed E-state index contributed by atoms with van der Waals surface area (Å²) in [6, 6.07) is 7.43. The maximum Gasteiger partial charge on any atom is 0.352 e. The number of nitrogens with zero attached hydrogens (tertiary/aromatic N) is 4. The van der Waals surface area contributed by atoms with E-state index in [0.29, 0.717) is 5.56 Å². The Balaban J connectivity index is 1.63. The Labute approximate surface area is 212 Å². The normalized spacial score (nSPS) is 22.9. The average Bonchev–Trinajstić information content (AvgIpc) is 3.38. The minimum atomic E-state index is -1.84. The number of H-pyrrole nitrogens is 1. The van der Waals surface area contributed by atoms with E-state index in [4.69, 9.17) is 10.5 Å². The molecule has 3 heterocycles. The van der Waals surface area contributed by atoms with Crippen LogP contribution in [0.4, 0.5) is 0 Å². The first-order chi connectivity index (χ1) is 17.2. The Bertz CT molecular complexity index is 1210. The summed E-state index contributed by atoms with van der Waals surface area (Å²) in [7, 11) is 1.23. The van der Waals surface area contributed by atoms with Crippen molar-refractivity contribution < 1.29 is 34.1 Å². The van der Waals surface area contributed by atoms with Gasteiger partial charge in [-0.2, -0.15) is 0 Å². The number of nitrogens with two attached hydrogens (primary N) is 1. The van der Waals surface area contributed by atoms with Crippen LogP contribution in [0.1, 0.15) is 18.0 Å². The fourth-order valence-electron chi connectivity index (χ4n) is 3.95. The molecule has 1 fully saturated rings. The SMILES string of the molecule is COC1(NC(=O)C(N)c2ccccc2)C(=O)N2C(C(=O)O)=C(C(CC(=O)O)Sc3nnn[nH]3)CS[C@H]21. The summed E-state index contributed by atoms with van der Waals surface area (Å²) in [6.45, 7) is 0. The van der Waals surface area contributed by atoms with Gasteiger partial charge in [0.25, 0.3) is 11.6 Å². The second-order valence-corrected chi connectivity index (χ2v) is 10.0. The first-order valence-corrected chi connectivity index (χ1v) is 12.3. The van der Waals surface area contributed by atoms with Crippen LogP contribution < -0.4 is 11.1 Å². The second-order valence-electron chi connectivity index (χ2n) is 7.75. The van der Waals surface area contributed by atoms with Crippen molar-refractivity contribution in [2.45, 2.75) is 34.0 Å². The average molecular weight is 536 g/mol.